The van der Waals surface area contributed by atoms with Gasteiger partial charge in [0.2, 0.25) is 5.91 Å². The van der Waals surface area contributed by atoms with Crippen molar-refractivity contribution in [2.75, 3.05) is 0 Å². The molecule has 0 radical (unpaired) electrons. The van der Waals surface area contributed by atoms with Crippen LogP contribution in [0.4, 0.5) is 0 Å². The summed E-state index contributed by atoms with van der Waals surface area (Å²) in [4.78, 5) is 11.3. The Morgan fingerprint density at radius 2 is 2.46 bits per heavy atom. The van der Waals surface area contributed by atoms with Crippen molar-refractivity contribution in [1.82, 2.24) is 5.32 Å². The van der Waals surface area contributed by atoms with Crippen LogP contribution in [0.1, 0.15) is 24.2 Å². The molecule has 1 aromatic heterocycles. The molecule has 1 N–H and O–H groups in total. The molecule has 1 aliphatic carbocycles. The topological polar surface area (TPSA) is 42.2 Å². The first-order valence-corrected chi connectivity index (χ1v) is 4.58. The summed E-state index contributed by atoms with van der Waals surface area (Å²) in [6, 6.07) is 1.90. The first-order valence-electron chi connectivity index (χ1n) is 4.58. The van der Waals surface area contributed by atoms with Gasteiger partial charge in [-0.25, -0.2) is 0 Å². The van der Waals surface area contributed by atoms with Crippen LogP contribution in [0, 0.1) is 12.8 Å². The summed E-state index contributed by atoms with van der Waals surface area (Å²) in [6.45, 7) is 2.50. The highest BCUT2D eigenvalue weighted by atomic mass is 16.3. The predicted octanol–water partition coefficient (Wildman–Crippen LogP) is 1.61. The molecule has 0 spiro atoms. The molecule has 70 valence electrons. The van der Waals surface area contributed by atoms with Crippen LogP contribution in [0.3, 0.4) is 0 Å². The van der Waals surface area contributed by atoms with Gasteiger partial charge in [0.05, 0.1) is 12.8 Å². The predicted molar refractivity (Wildman–Crippen MR) is 48.0 cm³/mol. The molecule has 2 rings (SSSR count). The van der Waals surface area contributed by atoms with Gasteiger partial charge in [-0.15, -0.1) is 0 Å². The van der Waals surface area contributed by atoms with E-state index in [0.29, 0.717) is 6.54 Å². The van der Waals surface area contributed by atoms with Gasteiger partial charge in [-0.05, 0) is 31.4 Å². The molecule has 0 unspecified atom stereocenters. The van der Waals surface area contributed by atoms with E-state index >= 15 is 0 Å². The van der Waals surface area contributed by atoms with E-state index in [4.69, 9.17) is 4.42 Å². The van der Waals surface area contributed by atoms with Crippen LogP contribution in [0.25, 0.3) is 0 Å². The molecule has 1 fully saturated rings. The van der Waals surface area contributed by atoms with Crippen molar-refractivity contribution >= 4 is 5.91 Å². The number of hydrogen-bond acceptors (Lipinski definition) is 2. The molecule has 0 aromatic carbocycles. The maximum Gasteiger partial charge on any atom is 0.223 e. The normalized spacial score (nSPS) is 15.8. The standard InChI is InChI=1S/C10H13NO2/c1-7-4-5-13-9(7)6-11-10(12)8-2-3-8/h4-5,8H,2-3,6H2,1H3,(H,11,12). The zero-order valence-corrected chi connectivity index (χ0v) is 7.67. The summed E-state index contributed by atoms with van der Waals surface area (Å²) in [7, 11) is 0. The minimum Gasteiger partial charge on any atom is -0.467 e. The van der Waals surface area contributed by atoms with E-state index < -0.39 is 0 Å². The van der Waals surface area contributed by atoms with Crippen LogP contribution < -0.4 is 5.32 Å². The summed E-state index contributed by atoms with van der Waals surface area (Å²) in [6.07, 6.45) is 3.74. The molecule has 1 aromatic rings. The van der Waals surface area contributed by atoms with Gasteiger partial charge in [0, 0.05) is 5.92 Å². The highest BCUT2D eigenvalue weighted by Crippen LogP contribution is 2.28. The van der Waals surface area contributed by atoms with Crippen molar-refractivity contribution < 1.29 is 9.21 Å². The van der Waals surface area contributed by atoms with Crippen LogP contribution in [0.2, 0.25) is 0 Å². The molecule has 1 heterocycles. The summed E-state index contributed by atoms with van der Waals surface area (Å²) in [5.74, 6) is 1.29. The zero-order chi connectivity index (χ0) is 9.26. The van der Waals surface area contributed by atoms with Crippen LogP contribution >= 0.6 is 0 Å². The Labute approximate surface area is 77.1 Å². The van der Waals surface area contributed by atoms with Gasteiger partial charge in [-0.3, -0.25) is 4.79 Å². The van der Waals surface area contributed by atoms with Gasteiger partial charge in [-0.1, -0.05) is 0 Å². The number of nitrogens with one attached hydrogen (secondary N) is 1. The molecule has 3 heteroatoms. The highest BCUT2D eigenvalue weighted by molar-refractivity contribution is 5.80. The summed E-state index contributed by atoms with van der Waals surface area (Å²) >= 11 is 0. The smallest absolute Gasteiger partial charge is 0.223 e. The Balaban J connectivity index is 1.85. The van der Waals surface area contributed by atoms with Crippen LogP contribution in [-0.4, -0.2) is 5.91 Å². The molecule has 0 bridgehead atoms. The van der Waals surface area contributed by atoms with Crippen LogP contribution in [0.15, 0.2) is 16.7 Å². The first kappa shape index (κ1) is 8.35. The van der Waals surface area contributed by atoms with Crippen molar-refractivity contribution in [2.45, 2.75) is 26.3 Å². The van der Waals surface area contributed by atoms with Gasteiger partial charge in [0.25, 0.3) is 0 Å². The molecule has 1 aliphatic rings. The maximum absolute atomic E-state index is 11.3. The Morgan fingerprint density at radius 1 is 1.69 bits per heavy atom. The quantitative estimate of drug-likeness (QED) is 0.766. The van der Waals surface area contributed by atoms with Gasteiger partial charge >= 0.3 is 0 Å². The summed E-state index contributed by atoms with van der Waals surface area (Å²) in [5.41, 5.74) is 1.09. The fourth-order valence-electron chi connectivity index (χ4n) is 1.24. The lowest BCUT2D eigenvalue weighted by Gasteiger charge is -2.01. The molecule has 3 nitrogen and oxygen atoms in total. The Hall–Kier alpha value is -1.25. The van der Waals surface area contributed by atoms with Crippen molar-refractivity contribution in [2.24, 2.45) is 5.92 Å². The van der Waals surface area contributed by atoms with Crippen molar-refractivity contribution in [3.63, 3.8) is 0 Å². The van der Waals surface area contributed by atoms with Gasteiger partial charge < -0.3 is 9.73 Å². The maximum atomic E-state index is 11.3. The third kappa shape index (κ3) is 1.91. The lowest BCUT2D eigenvalue weighted by Crippen LogP contribution is -2.24. The number of carbonyl (C=O) groups is 1. The molecule has 0 atom stereocenters. The third-order valence-electron chi connectivity index (χ3n) is 2.34. The van der Waals surface area contributed by atoms with Gasteiger partial charge in [-0.2, -0.15) is 0 Å². The first-order chi connectivity index (χ1) is 6.27. The highest BCUT2D eigenvalue weighted by Gasteiger charge is 2.29. The van der Waals surface area contributed by atoms with E-state index in [2.05, 4.69) is 5.32 Å². The second-order valence-corrected chi connectivity index (χ2v) is 3.52. The van der Waals surface area contributed by atoms with E-state index in [1.165, 1.54) is 0 Å². The molecule has 13 heavy (non-hydrogen) atoms. The molecule has 0 saturated heterocycles. The van der Waals surface area contributed by atoms with Crippen molar-refractivity contribution in [3.8, 4) is 0 Å². The summed E-state index contributed by atoms with van der Waals surface area (Å²) in [5, 5.41) is 2.86. The number of aryl methyl sites for hydroxylation is 1. The lowest BCUT2D eigenvalue weighted by molar-refractivity contribution is -0.122. The minimum absolute atomic E-state index is 0.163. The molecule has 1 saturated carbocycles. The van der Waals surface area contributed by atoms with E-state index in [-0.39, 0.29) is 11.8 Å². The van der Waals surface area contributed by atoms with Gasteiger partial charge in [0.15, 0.2) is 0 Å². The Kier molecular flexibility index (Phi) is 2.08. The Morgan fingerprint density at radius 3 is 3.00 bits per heavy atom. The minimum atomic E-state index is 0.163. The van der Waals surface area contributed by atoms with E-state index in [1.807, 2.05) is 13.0 Å². The molecular weight excluding hydrogens is 166 g/mol. The van der Waals surface area contributed by atoms with E-state index in [0.717, 1.165) is 24.2 Å². The van der Waals surface area contributed by atoms with Crippen molar-refractivity contribution in [3.05, 3.63) is 23.7 Å². The SMILES string of the molecule is Cc1ccoc1CNC(=O)C1CC1. The fourth-order valence-corrected chi connectivity index (χ4v) is 1.24. The van der Waals surface area contributed by atoms with Crippen molar-refractivity contribution in [1.29, 1.82) is 0 Å². The second kappa shape index (κ2) is 3.24. The molecule has 1 amide bonds. The summed E-state index contributed by atoms with van der Waals surface area (Å²) < 4.78 is 5.20. The number of amides is 1. The van der Waals surface area contributed by atoms with E-state index in [9.17, 15) is 4.79 Å². The number of carbonyl (C=O) groups excluding carboxylic acids is 1. The Bertz CT molecular complexity index is 312. The third-order valence-corrected chi connectivity index (χ3v) is 2.34. The second-order valence-electron chi connectivity index (χ2n) is 3.52. The molecular formula is C10H13NO2. The zero-order valence-electron chi connectivity index (χ0n) is 7.67. The van der Waals surface area contributed by atoms with E-state index in [1.54, 1.807) is 6.26 Å². The average molecular weight is 179 g/mol. The number of furan rings is 1. The molecule has 0 aliphatic heterocycles. The average Bonchev–Trinajstić information content (AvgIpc) is 2.88. The van der Waals surface area contributed by atoms with Crippen LogP contribution in [0.5, 0.6) is 0 Å². The van der Waals surface area contributed by atoms with Crippen LogP contribution in [-0.2, 0) is 11.3 Å². The largest absolute Gasteiger partial charge is 0.467 e. The number of hydrogen-bond donors (Lipinski definition) is 1. The monoisotopic (exact) mass is 179 g/mol. The lowest BCUT2D eigenvalue weighted by atomic mass is 10.3. The fraction of sp³-hybridized carbons (Fsp3) is 0.500. The number of rotatable bonds is 3. The van der Waals surface area contributed by atoms with Gasteiger partial charge in [0.1, 0.15) is 5.76 Å².